The number of primary amides is 1. The van der Waals surface area contributed by atoms with E-state index in [9.17, 15) is 4.79 Å². The molecule has 0 spiro atoms. The molecule has 1 aromatic carbocycles. The predicted molar refractivity (Wildman–Crippen MR) is 61.5 cm³/mol. The van der Waals surface area contributed by atoms with E-state index in [-0.39, 0.29) is 5.69 Å². The second kappa shape index (κ2) is 4.65. The molecule has 0 fully saturated rings. The van der Waals surface area contributed by atoms with E-state index in [0.717, 1.165) is 5.56 Å². The van der Waals surface area contributed by atoms with Gasteiger partial charge in [-0.3, -0.25) is 4.79 Å². The highest BCUT2D eigenvalue weighted by Crippen LogP contribution is 2.23. The van der Waals surface area contributed by atoms with Gasteiger partial charge in [-0.1, -0.05) is 12.1 Å². The van der Waals surface area contributed by atoms with Gasteiger partial charge in [-0.05, 0) is 19.1 Å². The van der Waals surface area contributed by atoms with Crippen molar-refractivity contribution in [2.45, 2.75) is 6.92 Å². The van der Waals surface area contributed by atoms with Crippen LogP contribution in [0.15, 0.2) is 24.3 Å². The second-order valence-corrected chi connectivity index (χ2v) is 3.35. The van der Waals surface area contributed by atoms with Crippen LogP contribution in [0.3, 0.4) is 0 Å². The molecular weight excluding hydrogens is 220 g/mol. The zero-order valence-corrected chi connectivity index (χ0v) is 9.30. The maximum absolute atomic E-state index is 11.1. The smallest absolute Gasteiger partial charge is 0.271 e. The van der Waals surface area contributed by atoms with Crippen molar-refractivity contribution in [3.8, 4) is 17.0 Å². The summed E-state index contributed by atoms with van der Waals surface area (Å²) in [5.41, 5.74) is 6.49. The summed E-state index contributed by atoms with van der Waals surface area (Å²) < 4.78 is 5.37. The van der Waals surface area contributed by atoms with Gasteiger partial charge in [0.25, 0.3) is 5.91 Å². The minimum Gasteiger partial charge on any atom is -0.494 e. The van der Waals surface area contributed by atoms with Crippen molar-refractivity contribution in [1.29, 1.82) is 0 Å². The fourth-order valence-electron chi connectivity index (χ4n) is 1.50. The van der Waals surface area contributed by atoms with Gasteiger partial charge in [0.2, 0.25) is 0 Å². The molecule has 88 valence electrons. The highest BCUT2D eigenvalue weighted by Gasteiger charge is 2.15. The summed E-state index contributed by atoms with van der Waals surface area (Å²) >= 11 is 0. The zero-order chi connectivity index (χ0) is 12.3. The monoisotopic (exact) mass is 232 g/mol. The number of hydrogen-bond acceptors (Lipinski definition) is 4. The van der Waals surface area contributed by atoms with E-state index in [1.807, 2.05) is 25.1 Å². The van der Waals surface area contributed by atoms with Crippen molar-refractivity contribution < 1.29 is 9.53 Å². The largest absolute Gasteiger partial charge is 0.494 e. The predicted octanol–water partition coefficient (Wildman–Crippen LogP) is 0.969. The Kier molecular flexibility index (Phi) is 3.04. The molecule has 3 N–H and O–H groups in total. The molecule has 0 aliphatic carbocycles. The summed E-state index contributed by atoms with van der Waals surface area (Å²) in [5, 5.41) is 10.0. The Bertz CT molecular complexity index is 536. The van der Waals surface area contributed by atoms with E-state index < -0.39 is 5.91 Å². The van der Waals surface area contributed by atoms with Gasteiger partial charge in [0.1, 0.15) is 11.4 Å². The van der Waals surface area contributed by atoms with Gasteiger partial charge >= 0.3 is 0 Å². The Hall–Kier alpha value is -2.37. The number of aromatic amines is 1. The van der Waals surface area contributed by atoms with Crippen LogP contribution in [0.25, 0.3) is 11.3 Å². The molecule has 1 heterocycles. The van der Waals surface area contributed by atoms with Crippen molar-refractivity contribution in [1.82, 2.24) is 15.4 Å². The molecule has 0 saturated heterocycles. The van der Waals surface area contributed by atoms with Crippen LogP contribution >= 0.6 is 0 Å². The van der Waals surface area contributed by atoms with E-state index in [2.05, 4.69) is 15.4 Å². The first-order chi connectivity index (χ1) is 8.22. The summed E-state index contributed by atoms with van der Waals surface area (Å²) in [6.07, 6.45) is 0. The van der Waals surface area contributed by atoms with Crippen LogP contribution in [0.1, 0.15) is 17.4 Å². The highest BCUT2D eigenvalue weighted by molar-refractivity contribution is 5.96. The number of carbonyl (C=O) groups excluding carboxylic acids is 1. The summed E-state index contributed by atoms with van der Waals surface area (Å²) in [7, 11) is 0. The Morgan fingerprint density at radius 1 is 1.47 bits per heavy atom. The molecule has 0 saturated carbocycles. The highest BCUT2D eigenvalue weighted by atomic mass is 16.5. The zero-order valence-electron chi connectivity index (χ0n) is 9.30. The molecule has 6 heteroatoms. The maximum atomic E-state index is 11.1. The third-order valence-electron chi connectivity index (χ3n) is 2.20. The number of H-pyrrole nitrogens is 1. The Morgan fingerprint density at radius 2 is 2.29 bits per heavy atom. The molecular formula is C11H12N4O2. The quantitative estimate of drug-likeness (QED) is 0.821. The van der Waals surface area contributed by atoms with E-state index in [1.54, 1.807) is 6.07 Å². The first-order valence-electron chi connectivity index (χ1n) is 5.16. The number of rotatable bonds is 4. The molecule has 0 unspecified atom stereocenters. The second-order valence-electron chi connectivity index (χ2n) is 3.35. The van der Waals surface area contributed by atoms with Crippen molar-refractivity contribution in [2.75, 3.05) is 6.61 Å². The van der Waals surface area contributed by atoms with Gasteiger partial charge in [0.15, 0.2) is 5.69 Å². The number of hydrogen-bond donors (Lipinski definition) is 2. The molecule has 1 aromatic heterocycles. The number of amides is 1. The number of nitrogens with two attached hydrogens (primary N) is 1. The standard InChI is InChI=1S/C11H12N4O2/c1-2-17-8-5-3-4-7(6-8)9-10(11(12)16)14-15-13-9/h3-6H,2H2,1H3,(H2,12,16)(H,13,14,15). The maximum Gasteiger partial charge on any atom is 0.271 e. The SMILES string of the molecule is CCOc1cccc(-c2n[nH]nc2C(N)=O)c1. The fraction of sp³-hybridized carbons (Fsp3) is 0.182. The van der Waals surface area contributed by atoms with Gasteiger partial charge in [-0.25, -0.2) is 0 Å². The van der Waals surface area contributed by atoms with Crippen molar-refractivity contribution in [2.24, 2.45) is 5.73 Å². The molecule has 0 aliphatic heterocycles. The molecule has 0 atom stereocenters. The lowest BCUT2D eigenvalue weighted by molar-refractivity contribution is 0.0996. The number of benzene rings is 1. The molecule has 0 bridgehead atoms. The van der Waals surface area contributed by atoms with Crippen LogP contribution in [0.5, 0.6) is 5.75 Å². The van der Waals surface area contributed by atoms with E-state index >= 15 is 0 Å². The lowest BCUT2D eigenvalue weighted by atomic mass is 10.1. The molecule has 1 amide bonds. The fourth-order valence-corrected chi connectivity index (χ4v) is 1.50. The minimum atomic E-state index is -0.615. The van der Waals surface area contributed by atoms with Crippen molar-refractivity contribution in [3.63, 3.8) is 0 Å². The Morgan fingerprint density at radius 3 is 3.00 bits per heavy atom. The van der Waals surface area contributed by atoms with Crippen LogP contribution in [-0.4, -0.2) is 27.9 Å². The average Bonchev–Trinajstić information content (AvgIpc) is 2.79. The normalized spacial score (nSPS) is 10.2. The van der Waals surface area contributed by atoms with Crippen LogP contribution in [0, 0.1) is 0 Å². The molecule has 2 aromatic rings. The van der Waals surface area contributed by atoms with Gasteiger partial charge in [-0.15, -0.1) is 0 Å². The van der Waals surface area contributed by atoms with Gasteiger partial charge in [0.05, 0.1) is 6.61 Å². The summed E-state index contributed by atoms with van der Waals surface area (Å²) in [6.45, 7) is 2.47. The Balaban J connectivity index is 2.42. The van der Waals surface area contributed by atoms with Gasteiger partial charge in [0, 0.05) is 5.56 Å². The molecule has 6 nitrogen and oxygen atoms in total. The third-order valence-corrected chi connectivity index (χ3v) is 2.20. The van der Waals surface area contributed by atoms with Crippen LogP contribution in [0.4, 0.5) is 0 Å². The summed E-state index contributed by atoms with van der Waals surface area (Å²) in [5.74, 6) is 0.0963. The number of nitrogens with zero attached hydrogens (tertiary/aromatic N) is 2. The topological polar surface area (TPSA) is 93.9 Å². The van der Waals surface area contributed by atoms with Crippen LogP contribution in [-0.2, 0) is 0 Å². The molecule has 0 aliphatic rings. The van der Waals surface area contributed by atoms with E-state index in [1.165, 1.54) is 0 Å². The lowest BCUT2D eigenvalue weighted by Gasteiger charge is -2.04. The third kappa shape index (κ3) is 2.25. The first-order valence-corrected chi connectivity index (χ1v) is 5.16. The molecule has 2 rings (SSSR count). The summed E-state index contributed by atoms with van der Waals surface area (Å²) in [6, 6.07) is 7.25. The molecule has 17 heavy (non-hydrogen) atoms. The van der Waals surface area contributed by atoms with Gasteiger partial charge < -0.3 is 10.5 Å². The summed E-state index contributed by atoms with van der Waals surface area (Å²) in [4.78, 5) is 11.1. The average molecular weight is 232 g/mol. The minimum absolute atomic E-state index is 0.124. The van der Waals surface area contributed by atoms with E-state index in [4.69, 9.17) is 10.5 Å². The first kappa shape index (κ1) is 11.1. The Labute approximate surface area is 97.8 Å². The van der Waals surface area contributed by atoms with Crippen molar-refractivity contribution in [3.05, 3.63) is 30.0 Å². The number of ether oxygens (including phenoxy) is 1. The van der Waals surface area contributed by atoms with E-state index in [0.29, 0.717) is 18.1 Å². The van der Waals surface area contributed by atoms with Gasteiger partial charge in [-0.2, -0.15) is 15.4 Å². The lowest BCUT2D eigenvalue weighted by Crippen LogP contribution is -2.12. The number of aromatic nitrogens is 3. The van der Waals surface area contributed by atoms with Crippen LogP contribution in [0.2, 0.25) is 0 Å². The van der Waals surface area contributed by atoms with Crippen LogP contribution < -0.4 is 10.5 Å². The number of carbonyl (C=O) groups is 1. The van der Waals surface area contributed by atoms with Crippen molar-refractivity contribution >= 4 is 5.91 Å². The number of nitrogens with one attached hydrogen (secondary N) is 1. The molecule has 0 radical (unpaired) electrons.